The number of hydrazine groups is 1. The molecule has 0 bridgehead atoms. The van der Waals surface area contributed by atoms with Crippen molar-refractivity contribution < 1.29 is 28.6 Å². The lowest BCUT2D eigenvalue weighted by molar-refractivity contribution is -0.150. The van der Waals surface area contributed by atoms with Crippen LogP contribution in [0.4, 0.5) is 5.69 Å². The molecule has 1 atom stereocenters. The van der Waals surface area contributed by atoms with Gasteiger partial charge in [-0.05, 0) is 82.5 Å². The van der Waals surface area contributed by atoms with Gasteiger partial charge >= 0.3 is 5.97 Å². The van der Waals surface area contributed by atoms with E-state index >= 15 is 0 Å². The molecular weight excluding hydrogens is 560 g/mol. The minimum atomic E-state index is -0.877. The van der Waals surface area contributed by atoms with Crippen LogP contribution in [0.1, 0.15) is 26.3 Å². The molecule has 0 unspecified atom stereocenters. The second-order valence-corrected chi connectivity index (χ2v) is 8.43. The highest BCUT2D eigenvalue weighted by Gasteiger charge is 2.35. The molecule has 1 heterocycles. The van der Waals surface area contributed by atoms with E-state index in [2.05, 4.69) is 37.3 Å². The van der Waals surface area contributed by atoms with Gasteiger partial charge in [0.05, 0.1) is 23.4 Å². The number of rotatable bonds is 8. The summed E-state index contributed by atoms with van der Waals surface area (Å²) in [5.74, 6) is -0.895. The number of anilines is 1. The van der Waals surface area contributed by atoms with E-state index < -0.39 is 23.9 Å². The minimum Gasteiger partial charge on any atom is -0.490 e. The van der Waals surface area contributed by atoms with Crippen molar-refractivity contribution in [3.63, 3.8) is 0 Å². The molecule has 2 amide bonds. The van der Waals surface area contributed by atoms with E-state index in [0.29, 0.717) is 38.3 Å². The normalized spacial score (nSPS) is 15.4. The molecule has 1 N–H and O–H groups in total. The van der Waals surface area contributed by atoms with Crippen molar-refractivity contribution in [1.29, 1.82) is 0 Å². The number of hydrogen-bond donors (Lipinski definition) is 1. The van der Waals surface area contributed by atoms with Crippen molar-refractivity contribution in [2.24, 2.45) is 0 Å². The van der Waals surface area contributed by atoms with E-state index in [-0.39, 0.29) is 12.2 Å². The molecule has 1 aliphatic rings. The molecule has 0 radical (unpaired) electrons. The highest BCUT2D eigenvalue weighted by molar-refractivity contribution is 9.13. The maximum absolute atomic E-state index is 12.9. The summed E-state index contributed by atoms with van der Waals surface area (Å²) in [7, 11) is 0. The first-order chi connectivity index (χ1) is 15.8. The van der Waals surface area contributed by atoms with E-state index in [9.17, 15) is 14.4 Å². The van der Waals surface area contributed by atoms with Crippen LogP contribution in [0.25, 0.3) is 6.08 Å². The highest BCUT2D eigenvalue weighted by atomic mass is 79.9. The first-order valence-electron chi connectivity index (χ1n) is 10.2. The fraction of sp³-hybridized carbons (Fsp3) is 0.261. The number of carbonyl (C=O) groups is 3. The van der Waals surface area contributed by atoms with Crippen molar-refractivity contribution in [3.05, 3.63) is 56.5 Å². The predicted octanol–water partition coefficient (Wildman–Crippen LogP) is 4.40. The van der Waals surface area contributed by atoms with E-state index in [4.69, 9.17) is 14.2 Å². The van der Waals surface area contributed by atoms with Crippen LogP contribution in [-0.2, 0) is 19.1 Å². The highest BCUT2D eigenvalue weighted by Crippen LogP contribution is 2.44. The third-order valence-electron chi connectivity index (χ3n) is 4.57. The second kappa shape index (κ2) is 10.8. The van der Waals surface area contributed by atoms with Crippen LogP contribution in [0.2, 0.25) is 0 Å². The van der Waals surface area contributed by atoms with Gasteiger partial charge in [0, 0.05) is 4.47 Å². The van der Waals surface area contributed by atoms with Crippen molar-refractivity contribution in [2.45, 2.75) is 26.9 Å². The summed E-state index contributed by atoms with van der Waals surface area (Å²) >= 11 is 6.95. The largest absolute Gasteiger partial charge is 0.490 e. The lowest BCUT2D eigenvalue weighted by atomic mass is 10.1. The van der Waals surface area contributed by atoms with Crippen LogP contribution in [-0.4, -0.2) is 37.1 Å². The number of carbonyl (C=O) groups excluding carboxylic acids is 3. The fourth-order valence-corrected chi connectivity index (χ4v) is 3.97. The summed E-state index contributed by atoms with van der Waals surface area (Å²) in [5.41, 5.74) is 3.59. The van der Waals surface area contributed by atoms with Gasteiger partial charge in [0.1, 0.15) is 5.57 Å². The van der Waals surface area contributed by atoms with Crippen LogP contribution in [0, 0.1) is 0 Å². The van der Waals surface area contributed by atoms with E-state index in [0.717, 1.165) is 0 Å². The topological polar surface area (TPSA) is 94.2 Å². The number of amides is 2. The lowest BCUT2D eigenvalue weighted by Gasteiger charge is -2.19. The molecule has 1 aliphatic heterocycles. The van der Waals surface area contributed by atoms with Crippen LogP contribution in [0.3, 0.4) is 0 Å². The predicted molar refractivity (Wildman–Crippen MR) is 130 cm³/mol. The monoisotopic (exact) mass is 580 g/mol. The number of para-hydroxylation sites is 1. The van der Waals surface area contributed by atoms with Gasteiger partial charge in [0.25, 0.3) is 11.8 Å². The molecule has 174 valence electrons. The molecule has 3 rings (SSSR count). The zero-order chi connectivity index (χ0) is 24.1. The second-order valence-electron chi connectivity index (χ2n) is 6.84. The smallest absolute Gasteiger partial charge is 0.347 e. The molecule has 0 spiro atoms. The molecule has 2 aromatic rings. The molecule has 0 aromatic heterocycles. The average Bonchev–Trinajstić information content (AvgIpc) is 3.08. The van der Waals surface area contributed by atoms with Crippen LogP contribution in [0.5, 0.6) is 11.5 Å². The maximum Gasteiger partial charge on any atom is 0.347 e. The van der Waals surface area contributed by atoms with Crippen LogP contribution >= 0.6 is 31.9 Å². The number of nitrogens with zero attached hydrogens (tertiary/aromatic N) is 1. The Balaban J connectivity index is 1.98. The zero-order valence-corrected chi connectivity index (χ0v) is 21.4. The van der Waals surface area contributed by atoms with Gasteiger partial charge in [-0.2, -0.15) is 0 Å². The summed E-state index contributed by atoms with van der Waals surface area (Å²) in [6, 6.07) is 10.4. The molecule has 33 heavy (non-hydrogen) atoms. The van der Waals surface area contributed by atoms with Crippen molar-refractivity contribution in [1.82, 2.24) is 5.43 Å². The first-order valence-corrected chi connectivity index (χ1v) is 11.8. The van der Waals surface area contributed by atoms with Gasteiger partial charge in [0.15, 0.2) is 17.6 Å². The Bertz CT molecular complexity index is 1100. The SMILES string of the molecule is CCOC(=O)[C@@H](C)Oc1c(OCC)cc(/C=C2/C(=O)NN(c3ccccc3)C2=O)c(Br)c1Br. The van der Waals surface area contributed by atoms with Gasteiger partial charge in [-0.25, -0.2) is 9.80 Å². The van der Waals surface area contributed by atoms with Crippen LogP contribution in [0.15, 0.2) is 50.9 Å². The molecule has 0 saturated carbocycles. The number of hydrogen-bond acceptors (Lipinski definition) is 6. The molecule has 1 fully saturated rings. The van der Waals surface area contributed by atoms with E-state index in [1.807, 2.05) is 6.07 Å². The third-order valence-corrected chi connectivity index (χ3v) is 6.72. The number of benzene rings is 2. The van der Waals surface area contributed by atoms with E-state index in [1.54, 1.807) is 51.1 Å². The fourth-order valence-electron chi connectivity index (χ4n) is 3.04. The standard InChI is InChI=1S/C23H22Br2N2O6/c1-4-31-17-12-14(18(24)19(25)20(17)33-13(3)23(30)32-5-2)11-16-21(28)26-27(22(16)29)15-9-7-6-8-10-15/h6-13H,4-5H2,1-3H3,(H,26,28)/b16-11-/t13-/m1/s1. The maximum atomic E-state index is 12.9. The molecule has 1 saturated heterocycles. The molecule has 2 aromatic carbocycles. The summed E-state index contributed by atoms with van der Waals surface area (Å²) in [6.45, 7) is 5.65. The Morgan fingerprint density at radius 1 is 1.12 bits per heavy atom. The van der Waals surface area contributed by atoms with Gasteiger partial charge in [-0.3, -0.25) is 15.0 Å². The molecule has 0 aliphatic carbocycles. The number of esters is 1. The Kier molecular flexibility index (Phi) is 8.15. The average molecular weight is 582 g/mol. The van der Waals surface area contributed by atoms with Crippen LogP contribution < -0.4 is 19.9 Å². The van der Waals surface area contributed by atoms with Crippen molar-refractivity contribution in [3.8, 4) is 11.5 Å². The molecule has 8 nitrogen and oxygen atoms in total. The number of halogens is 2. The van der Waals surface area contributed by atoms with Gasteiger partial charge < -0.3 is 14.2 Å². The van der Waals surface area contributed by atoms with Gasteiger partial charge in [-0.1, -0.05) is 18.2 Å². The Labute approximate surface area is 208 Å². The van der Waals surface area contributed by atoms with Gasteiger partial charge in [0.2, 0.25) is 0 Å². The summed E-state index contributed by atoms with van der Waals surface area (Å²) < 4.78 is 17.5. The molecule has 10 heteroatoms. The Morgan fingerprint density at radius 2 is 1.82 bits per heavy atom. The quantitative estimate of drug-likeness (QED) is 0.282. The zero-order valence-electron chi connectivity index (χ0n) is 18.2. The summed E-state index contributed by atoms with van der Waals surface area (Å²) in [4.78, 5) is 37.5. The summed E-state index contributed by atoms with van der Waals surface area (Å²) in [6.07, 6.45) is 0.592. The number of nitrogens with one attached hydrogen (secondary N) is 1. The third kappa shape index (κ3) is 5.39. The van der Waals surface area contributed by atoms with Crippen molar-refractivity contribution in [2.75, 3.05) is 18.2 Å². The van der Waals surface area contributed by atoms with E-state index in [1.165, 1.54) is 11.1 Å². The first kappa shape index (κ1) is 24.8. The lowest BCUT2D eigenvalue weighted by Crippen LogP contribution is -2.35. The Morgan fingerprint density at radius 3 is 2.45 bits per heavy atom. The molecular formula is C23H22Br2N2O6. The summed E-state index contributed by atoms with van der Waals surface area (Å²) in [5, 5.41) is 1.19. The minimum absolute atomic E-state index is 0.0394. The Hall–Kier alpha value is -2.85. The van der Waals surface area contributed by atoms with Crippen molar-refractivity contribution >= 4 is 61.4 Å². The number of ether oxygens (including phenoxy) is 3. The van der Waals surface area contributed by atoms with Gasteiger partial charge in [-0.15, -0.1) is 0 Å².